The largest absolute Gasteiger partial charge is 0.453 e. The highest BCUT2D eigenvalue weighted by molar-refractivity contribution is 7.89. The molecular weight excluding hydrogens is 324 g/mol. The molecule has 1 atom stereocenters. The number of rotatable bonds is 8. The Morgan fingerprint density at radius 2 is 1.78 bits per heavy atom. The number of nitrogens with one attached hydrogen (secondary N) is 1. The number of ether oxygens (including phenoxy) is 1. The second-order valence-electron chi connectivity index (χ2n) is 4.76. The van der Waals surface area contributed by atoms with E-state index in [1.807, 2.05) is 0 Å². The molecule has 0 fully saturated rings. The van der Waals surface area contributed by atoms with Gasteiger partial charge in [0.25, 0.3) is 5.91 Å². The number of hydrogen-bond donors (Lipinski definition) is 2. The minimum absolute atomic E-state index is 0.0265. The van der Waals surface area contributed by atoms with Crippen molar-refractivity contribution in [3.63, 3.8) is 0 Å². The molecule has 0 aliphatic rings. The molecule has 3 N–H and O–H groups in total. The second-order valence-corrected chi connectivity index (χ2v) is 6.53. The minimum atomic E-state index is -3.80. The third kappa shape index (κ3) is 5.80. The summed E-state index contributed by atoms with van der Waals surface area (Å²) >= 11 is 0. The fraction of sp³-hybridized carbons (Fsp3) is 0.357. The van der Waals surface area contributed by atoms with E-state index >= 15 is 0 Å². The lowest BCUT2D eigenvalue weighted by Crippen LogP contribution is -2.32. The van der Waals surface area contributed by atoms with Gasteiger partial charge in [0, 0.05) is 12.1 Å². The van der Waals surface area contributed by atoms with Crippen LogP contribution in [0.25, 0.3) is 0 Å². The highest BCUT2D eigenvalue weighted by atomic mass is 32.2. The predicted molar refractivity (Wildman–Crippen MR) is 81.0 cm³/mol. The zero-order valence-electron chi connectivity index (χ0n) is 12.7. The molecule has 126 valence electrons. The van der Waals surface area contributed by atoms with Crippen LogP contribution in [0.2, 0.25) is 0 Å². The summed E-state index contributed by atoms with van der Waals surface area (Å²) in [6.45, 7) is 2.50. The van der Waals surface area contributed by atoms with E-state index in [1.165, 1.54) is 38.1 Å². The van der Waals surface area contributed by atoms with Gasteiger partial charge in [0.15, 0.2) is 11.9 Å². The summed E-state index contributed by atoms with van der Waals surface area (Å²) in [6.07, 6.45) is -1.32. The van der Waals surface area contributed by atoms with Crippen LogP contribution in [0.15, 0.2) is 29.2 Å². The first-order valence-electron chi connectivity index (χ1n) is 6.73. The van der Waals surface area contributed by atoms with E-state index < -0.39 is 28.0 Å². The van der Waals surface area contributed by atoms with Crippen LogP contribution in [-0.4, -0.2) is 38.7 Å². The molecule has 0 aliphatic heterocycles. The SMILES string of the molecule is CC(=O)c1ccc(S(=O)(=O)NCCC(=O)O[C@H](C)C(N)=O)cc1. The molecule has 23 heavy (non-hydrogen) atoms. The summed E-state index contributed by atoms with van der Waals surface area (Å²) in [6, 6.07) is 5.40. The summed E-state index contributed by atoms with van der Waals surface area (Å²) in [7, 11) is -3.80. The van der Waals surface area contributed by atoms with Gasteiger partial charge in [-0.3, -0.25) is 14.4 Å². The molecule has 9 heteroatoms. The van der Waals surface area contributed by atoms with Crippen molar-refractivity contribution in [3.05, 3.63) is 29.8 Å². The van der Waals surface area contributed by atoms with Gasteiger partial charge in [0.2, 0.25) is 10.0 Å². The number of benzene rings is 1. The van der Waals surface area contributed by atoms with Crippen molar-refractivity contribution in [3.8, 4) is 0 Å². The molecule has 0 radical (unpaired) electrons. The number of hydrogen-bond acceptors (Lipinski definition) is 6. The summed E-state index contributed by atoms with van der Waals surface area (Å²) in [4.78, 5) is 33.2. The van der Waals surface area contributed by atoms with Crippen LogP contribution in [-0.2, 0) is 24.3 Å². The number of primary amides is 1. The molecule has 1 aromatic rings. The fourth-order valence-electron chi connectivity index (χ4n) is 1.55. The van der Waals surface area contributed by atoms with Crippen molar-refractivity contribution in [2.45, 2.75) is 31.3 Å². The van der Waals surface area contributed by atoms with Gasteiger partial charge in [-0.2, -0.15) is 0 Å². The molecule has 0 heterocycles. The number of Topliss-reactive ketones (excluding diaryl/α,β-unsaturated/α-hetero) is 1. The number of nitrogens with two attached hydrogens (primary N) is 1. The van der Waals surface area contributed by atoms with Gasteiger partial charge in [-0.15, -0.1) is 0 Å². The highest BCUT2D eigenvalue weighted by Gasteiger charge is 2.17. The first-order valence-corrected chi connectivity index (χ1v) is 8.21. The van der Waals surface area contributed by atoms with Gasteiger partial charge < -0.3 is 10.5 Å². The third-order valence-corrected chi connectivity index (χ3v) is 4.38. The van der Waals surface area contributed by atoms with Gasteiger partial charge >= 0.3 is 5.97 Å². The summed E-state index contributed by atoms with van der Waals surface area (Å²) in [5.74, 6) is -1.70. The molecular formula is C14H18N2O6S. The Bertz CT molecular complexity index is 696. The van der Waals surface area contributed by atoms with Crippen LogP contribution in [0.4, 0.5) is 0 Å². The maximum atomic E-state index is 12.0. The first kappa shape index (κ1) is 18.8. The monoisotopic (exact) mass is 342 g/mol. The van der Waals surface area contributed by atoms with Crippen molar-refractivity contribution in [1.82, 2.24) is 4.72 Å². The quantitative estimate of drug-likeness (QED) is 0.504. The summed E-state index contributed by atoms with van der Waals surface area (Å²) in [5, 5.41) is 0. The van der Waals surface area contributed by atoms with Gasteiger partial charge in [-0.05, 0) is 26.0 Å². The van der Waals surface area contributed by atoms with Gasteiger partial charge in [0.1, 0.15) is 0 Å². The lowest BCUT2D eigenvalue weighted by atomic mass is 10.2. The van der Waals surface area contributed by atoms with Crippen molar-refractivity contribution in [2.75, 3.05) is 6.54 Å². The minimum Gasteiger partial charge on any atom is -0.453 e. The van der Waals surface area contributed by atoms with E-state index in [0.717, 1.165) is 0 Å². The fourth-order valence-corrected chi connectivity index (χ4v) is 2.59. The van der Waals surface area contributed by atoms with Crippen LogP contribution in [0.5, 0.6) is 0 Å². The summed E-state index contributed by atoms with van der Waals surface area (Å²) in [5.41, 5.74) is 5.34. The molecule has 1 rings (SSSR count). The molecule has 0 bridgehead atoms. The van der Waals surface area contributed by atoms with Crippen molar-refractivity contribution in [1.29, 1.82) is 0 Å². The molecule has 0 saturated carbocycles. The van der Waals surface area contributed by atoms with E-state index in [9.17, 15) is 22.8 Å². The average molecular weight is 342 g/mol. The molecule has 0 aliphatic carbocycles. The van der Waals surface area contributed by atoms with E-state index in [-0.39, 0.29) is 23.6 Å². The zero-order chi connectivity index (χ0) is 17.6. The Morgan fingerprint density at radius 3 is 2.26 bits per heavy atom. The normalized spacial score (nSPS) is 12.4. The van der Waals surface area contributed by atoms with Crippen LogP contribution < -0.4 is 10.5 Å². The number of amides is 1. The Morgan fingerprint density at radius 1 is 1.22 bits per heavy atom. The lowest BCUT2D eigenvalue weighted by Gasteiger charge is -2.10. The third-order valence-electron chi connectivity index (χ3n) is 2.90. The summed E-state index contributed by atoms with van der Waals surface area (Å²) < 4.78 is 30.9. The van der Waals surface area contributed by atoms with Gasteiger partial charge in [-0.25, -0.2) is 13.1 Å². The van der Waals surface area contributed by atoms with Crippen LogP contribution >= 0.6 is 0 Å². The van der Waals surface area contributed by atoms with Crippen LogP contribution in [0.3, 0.4) is 0 Å². The molecule has 8 nitrogen and oxygen atoms in total. The lowest BCUT2D eigenvalue weighted by molar-refractivity contribution is -0.153. The Labute approximate surface area is 134 Å². The topological polar surface area (TPSA) is 133 Å². The molecule has 0 unspecified atom stereocenters. The Balaban J connectivity index is 2.57. The van der Waals surface area contributed by atoms with E-state index in [2.05, 4.69) is 9.46 Å². The maximum Gasteiger partial charge on any atom is 0.307 e. The number of esters is 1. The molecule has 0 aromatic heterocycles. The van der Waals surface area contributed by atoms with Crippen LogP contribution in [0, 0.1) is 0 Å². The number of sulfonamides is 1. The number of carbonyl (C=O) groups is 3. The van der Waals surface area contributed by atoms with E-state index in [4.69, 9.17) is 5.73 Å². The average Bonchev–Trinajstić information content (AvgIpc) is 2.46. The molecule has 0 saturated heterocycles. The standard InChI is InChI=1S/C14H18N2O6S/c1-9(17)11-3-5-12(6-4-11)23(20,21)16-8-7-13(18)22-10(2)14(15)19/h3-6,10,16H,7-8H2,1-2H3,(H2,15,19)/t10-/m1/s1. The highest BCUT2D eigenvalue weighted by Crippen LogP contribution is 2.11. The van der Waals surface area contributed by atoms with Crippen molar-refractivity contribution in [2.24, 2.45) is 5.73 Å². The maximum absolute atomic E-state index is 12.0. The second kappa shape index (κ2) is 7.84. The smallest absolute Gasteiger partial charge is 0.307 e. The number of ketones is 1. The molecule has 0 spiro atoms. The van der Waals surface area contributed by atoms with E-state index in [1.54, 1.807) is 0 Å². The molecule has 1 amide bonds. The Kier molecular flexibility index (Phi) is 6.40. The number of carbonyl (C=O) groups excluding carboxylic acids is 3. The van der Waals surface area contributed by atoms with E-state index in [0.29, 0.717) is 5.56 Å². The van der Waals surface area contributed by atoms with Crippen molar-refractivity contribution >= 4 is 27.7 Å². The molecule has 1 aromatic carbocycles. The van der Waals surface area contributed by atoms with Gasteiger partial charge in [0.05, 0.1) is 11.3 Å². The van der Waals surface area contributed by atoms with Gasteiger partial charge in [-0.1, -0.05) is 12.1 Å². The zero-order valence-corrected chi connectivity index (χ0v) is 13.6. The first-order chi connectivity index (χ1) is 10.6. The Hall–Kier alpha value is -2.26. The van der Waals surface area contributed by atoms with Crippen LogP contribution in [0.1, 0.15) is 30.6 Å². The predicted octanol–water partition coefficient (Wildman–Crippen LogP) is -0.0254. The van der Waals surface area contributed by atoms with Crippen molar-refractivity contribution < 1.29 is 27.5 Å².